The highest BCUT2D eigenvalue weighted by Crippen LogP contribution is 2.33. The van der Waals surface area contributed by atoms with Crippen LogP contribution in [-0.4, -0.2) is 24.7 Å². The molecule has 0 saturated carbocycles. The Labute approximate surface area is 140 Å². The first-order valence-electron chi connectivity index (χ1n) is 7.41. The van der Waals surface area contributed by atoms with E-state index in [0.29, 0.717) is 5.92 Å². The van der Waals surface area contributed by atoms with Gasteiger partial charge in [0.2, 0.25) is 0 Å². The molecule has 0 amide bonds. The monoisotopic (exact) mass is 393 g/mol. The minimum absolute atomic E-state index is 0.112. The van der Waals surface area contributed by atoms with Gasteiger partial charge in [-0.1, -0.05) is 30.3 Å². The molecular formula is C18H20INO. The Morgan fingerprint density at radius 2 is 1.76 bits per heavy atom. The van der Waals surface area contributed by atoms with E-state index in [0.717, 1.165) is 12.3 Å². The van der Waals surface area contributed by atoms with Crippen LogP contribution in [0.2, 0.25) is 0 Å². The number of rotatable bonds is 3. The average molecular weight is 393 g/mol. The maximum Gasteiger partial charge on any atom is 0.159 e. The van der Waals surface area contributed by atoms with Crippen LogP contribution in [-0.2, 0) is 0 Å². The number of likely N-dealkylation sites (N-methyl/N-ethyl adjacent to an activating group) is 1. The molecule has 2 aromatic rings. The van der Waals surface area contributed by atoms with E-state index >= 15 is 0 Å². The second-order valence-corrected chi connectivity index (χ2v) is 6.85. The van der Waals surface area contributed by atoms with E-state index < -0.39 is 0 Å². The van der Waals surface area contributed by atoms with Crippen molar-refractivity contribution in [2.45, 2.75) is 25.0 Å². The summed E-state index contributed by atoms with van der Waals surface area (Å²) >= 11 is 2.32. The lowest BCUT2D eigenvalue weighted by atomic mass is 9.89. The van der Waals surface area contributed by atoms with Crippen LogP contribution in [0.5, 0.6) is 5.75 Å². The predicted molar refractivity (Wildman–Crippen MR) is 94.6 cm³/mol. The number of hydrogen-bond acceptors (Lipinski definition) is 2. The second-order valence-electron chi connectivity index (χ2n) is 5.60. The SMILES string of the molecule is CN1CCC[C@H](c2ccccc2)[C@@H]1Oc1ccc(I)cc1. The van der Waals surface area contributed by atoms with E-state index in [1.54, 1.807) is 0 Å². The van der Waals surface area contributed by atoms with Crippen molar-refractivity contribution in [1.82, 2.24) is 4.90 Å². The van der Waals surface area contributed by atoms with Crippen LogP contribution in [0.1, 0.15) is 24.3 Å². The normalized spacial score (nSPS) is 23.0. The highest BCUT2D eigenvalue weighted by molar-refractivity contribution is 14.1. The Morgan fingerprint density at radius 3 is 2.48 bits per heavy atom. The van der Waals surface area contributed by atoms with Crippen LogP contribution in [0.25, 0.3) is 0 Å². The summed E-state index contributed by atoms with van der Waals surface area (Å²) in [4.78, 5) is 2.33. The fourth-order valence-electron chi connectivity index (χ4n) is 2.99. The summed E-state index contributed by atoms with van der Waals surface area (Å²) in [5, 5.41) is 0. The molecule has 1 heterocycles. The third kappa shape index (κ3) is 3.58. The van der Waals surface area contributed by atoms with Gasteiger partial charge in [-0.3, -0.25) is 4.90 Å². The molecule has 1 saturated heterocycles. The first-order chi connectivity index (χ1) is 10.2. The molecule has 1 aliphatic rings. The third-order valence-electron chi connectivity index (χ3n) is 4.10. The van der Waals surface area contributed by atoms with Gasteiger partial charge < -0.3 is 4.74 Å². The van der Waals surface area contributed by atoms with Gasteiger partial charge in [-0.25, -0.2) is 0 Å². The number of piperidine rings is 1. The maximum atomic E-state index is 6.31. The fraction of sp³-hybridized carbons (Fsp3) is 0.333. The molecule has 3 rings (SSSR count). The van der Waals surface area contributed by atoms with Crippen molar-refractivity contribution < 1.29 is 4.74 Å². The summed E-state index contributed by atoms with van der Waals surface area (Å²) < 4.78 is 7.55. The van der Waals surface area contributed by atoms with Crippen LogP contribution < -0.4 is 4.74 Å². The van der Waals surface area contributed by atoms with E-state index in [-0.39, 0.29) is 6.23 Å². The number of nitrogens with zero attached hydrogens (tertiary/aromatic N) is 1. The second kappa shape index (κ2) is 6.79. The number of benzene rings is 2. The van der Waals surface area contributed by atoms with Crippen molar-refractivity contribution in [3.63, 3.8) is 0 Å². The lowest BCUT2D eigenvalue weighted by molar-refractivity contribution is -0.00340. The molecule has 2 nitrogen and oxygen atoms in total. The van der Waals surface area contributed by atoms with E-state index in [1.807, 2.05) is 0 Å². The van der Waals surface area contributed by atoms with Crippen molar-refractivity contribution in [3.05, 3.63) is 63.7 Å². The maximum absolute atomic E-state index is 6.31. The highest BCUT2D eigenvalue weighted by atomic mass is 127. The van der Waals surface area contributed by atoms with Gasteiger partial charge in [-0.2, -0.15) is 0 Å². The highest BCUT2D eigenvalue weighted by Gasteiger charge is 2.31. The standard InChI is InChI=1S/C18H20INO/c1-20-13-5-8-17(14-6-3-2-4-7-14)18(20)21-16-11-9-15(19)10-12-16/h2-4,6-7,9-12,17-18H,5,8,13H2,1H3/t17-,18+/m1/s1. The molecule has 21 heavy (non-hydrogen) atoms. The largest absolute Gasteiger partial charge is 0.474 e. The Balaban J connectivity index is 1.83. The van der Waals surface area contributed by atoms with Gasteiger partial charge in [0.05, 0.1) is 0 Å². The summed E-state index contributed by atoms with van der Waals surface area (Å²) in [6.45, 7) is 1.10. The number of ether oxygens (including phenoxy) is 1. The van der Waals surface area contributed by atoms with Crippen LogP contribution in [0.15, 0.2) is 54.6 Å². The zero-order valence-electron chi connectivity index (χ0n) is 12.2. The van der Waals surface area contributed by atoms with Gasteiger partial charge in [-0.15, -0.1) is 0 Å². The lowest BCUT2D eigenvalue weighted by Crippen LogP contribution is -2.45. The third-order valence-corrected chi connectivity index (χ3v) is 4.82. The van der Waals surface area contributed by atoms with Crippen molar-refractivity contribution in [2.24, 2.45) is 0 Å². The Hall–Kier alpha value is -1.07. The molecule has 2 aromatic carbocycles. The first-order valence-corrected chi connectivity index (χ1v) is 8.49. The molecular weight excluding hydrogens is 373 g/mol. The van der Waals surface area contributed by atoms with Gasteiger partial charge in [0, 0.05) is 16.0 Å². The predicted octanol–water partition coefficient (Wildman–Crippen LogP) is 4.51. The van der Waals surface area contributed by atoms with Gasteiger partial charge in [0.25, 0.3) is 0 Å². The quantitative estimate of drug-likeness (QED) is 0.712. The van der Waals surface area contributed by atoms with Crippen LogP contribution >= 0.6 is 22.6 Å². The van der Waals surface area contributed by atoms with Gasteiger partial charge in [0.15, 0.2) is 6.23 Å². The lowest BCUT2D eigenvalue weighted by Gasteiger charge is -2.39. The number of halogens is 1. The van der Waals surface area contributed by atoms with Crippen molar-refractivity contribution in [1.29, 1.82) is 0 Å². The van der Waals surface area contributed by atoms with E-state index in [9.17, 15) is 0 Å². The summed E-state index contributed by atoms with van der Waals surface area (Å²) in [6.07, 6.45) is 2.52. The van der Waals surface area contributed by atoms with Gasteiger partial charge in [0.1, 0.15) is 5.75 Å². The molecule has 2 atom stereocenters. The number of hydrogen-bond donors (Lipinski definition) is 0. The molecule has 0 spiro atoms. The Morgan fingerprint density at radius 1 is 1.05 bits per heavy atom. The smallest absolute Gasteiger partial charge is 0.159 e. The van der Waals surface area contributed by atoms with Crippen molar-refractivity contribution in [2.75, 3.05) is 13.6 Å². The molecule has 1 aliphatic heterocycles. The Bertz CT molecular complexity index is 570. The van der Waals surface area contributed by atoms with E-state index in [2.05, 4.69) is 89.1 Å². The summed E-state index contributed by atoms with van der Waals surface area (Å²) in [5.74, 6) is 1.39. The van der Waals surface area contributed by atoms with E-state index in [1.165, 1.54) is 22.0 Å². The zero-order valence-corrected chi connectivity index (χ0v) is 14.4. The average Bonchev–Trinajstić information content (AvgIpc) is 2.52. The topological polar surface area (TPSA) is 12.5 Å². The van der Waals surface area contributed by atoms with Crippen LogP contribution in [0.3, 0.4) is 0 Å². The van der Waals surface area contributed by atoms with Gasteiger partial charge in [-0.05, 0) is 72.3 Å². The van der Waals surface area contributed by atoms with Crippen LogP contribution in [0.4, 0.5) is 0 Å². The minimum atomic E-state index is 0.112. The van der Waals surface area contributed by atoms with Gasteiger partial charge >= 0.3 is 0 Å². The molecule has 0 aliphatic carbocycles. The summed E-state index contributed by atoms with van der Waals surface area (Å²) in [7, 11) is 2.16. The zero-order chi connectivity index (χ0) is 14.7. The first kappa shape index (κ1) is 14.9. The number of likely N-dealkylation sites (tertiary alicyclic amines) is 1. The molecule has 3 heteroatoms. The minimum Gasteiger partial charge on any atom is -0.474 e. The van der Waals surface area contributed by atoms with E-state index in [4.69, 9.17) is 4.74 Å². The Kier molecular flexibility index (Phi) is 4.80. The molecule has 0 bridgehead atoms. The van der Waals surface area contributed by atoms with Crippen molar-refractivity contribution >= 4 is 22.6 Å². The molecule has 0 aromatic heterocycles. The molecule has 110 valence electrons. The summed E-state index contributed by atoms with van der Waals surface area (Å²) in [6, 6.07) is 19.1. The molecule has 0 unspecified atom stereocenters. The van der Waals surface area contributed by atoms with Crippen LogP contribution in [0, 0.1) is 3.57 Å². The molecule has 0 N–H and O–H groups in total. The van der Waals surface area contributed by atoms with Crippen molar-refractivity contribution in [3.8, 4) is 5.75 Å². The molecule has 0 radical (unpaired) electrons. The summed E-state index contributed by atoms with van der Waals surface area (Å²) in [5.41, 5.74) is 1.37. The fourth-order valence-corrected chi connectivity index (χ4v) is 3.35. The molecule has 1 fully saturated rings.